The lowest BCUT2D eigenvalue weighted by Crippen LogP contribution is -2.16. The number of aliphatic hydroxyl groups excluding tert-OH is 1. The summed E-state index contributed by atoms with van der Waals surface area (Å²) in [5.41, 5.74) is 0.607. The van der Waals surface area contributed by atoms with E-state index in [1.54, 1.807) is 12.1 Å². The van der Waals surface area contributed by atoms with Crippen molar-refractivity contribution in [3.05, 3.63) is 34.1 Å². The molecule has 106 valence electrons. The zero-order chi connectivity index (χ0) is 13.7. The summed E-state index contributed by atoms with van der Waals surface area (Å²) >= 11 is 3.35. The van der Waals surface area contributed by atoms with Gasteiger partial charge in [-0.3, -0.25) is 0 Å². The molecule has 1 fully saturated rings. The molecule has 1 saturated carbocycles. The highest BCUT2D eigenvalue weighted by Gasteiger charge is 2.18. The molecular formula is C16H22BrFO. The normalized spacial score (nSPS) is 19.1. The maximum atomic E-state index is 13.6. The second-order valence-electron chi connectivity index (χ2n) is 5.69. The van der Waals surface area contributed by atoms with Gasteiger partial charge in [-0.1, -0.05) is 54.5 Å². The van der Waals surface area contributed by atoms with Crippen LogP contribution in [0.5, 0.6) is 0 Å². The number of aliphatic hydroxyl groups is 1. The fourth-order valence-electron chi connectivity index (χ4n) is 3.02. The maximum absolute atomic E-state index is 13.6. The van der Waals surface area contributed by atoms with E-state index in [0.29, 0.717) is 17.9 Å². The summed E-state index contributed by atoms with van der Waals surface area (Å²) in [6.45, 7) is 0. The Morgan fingerprint density at radius 2 is 1.89 bits per heavy atom. The van der Waals surface area contributed by atoms with Crippen LogP contribution in [0.3, 0.4) is 0 Å². The molecule has 0 spiro atoms. The molecule has 19 heavy (non-hydrogen) atoms. The molecule has 0 aliphatic heterocycles. The number of rotatable bonds is 4. The zero-order valence-electron chi connectivity index (χ0n) is 11.2. The lowest BCUT2D eigenvalue weighted by atomic mass is 9.91. The molecule has 2 rings (SSSR count). The predicted molar refractivity (Wildman–Crippen MR) is 79.6 cm³/mol. The van der Waals surface area contributed by atoms with E-state index in [9.17, 15) is 9.50 Å². The Kier molecular flexibility index (Phi) is 5.83. The van der Waals surface area contributed by atoms with Crippen molar-refractivity contribution in [3.63, 3.8) is 0 Å². The smallest absolute Gasteiger partial charge is 0.126 e. The van der Waals surface area contributed by atoms with Gasteiger partial charge >= 0.3 is 0 Å². The lowest BCUT2D eigenvalue weighted by molar-refractivity contribution is 0.136. The Balaban J connectivity index is 1.89. The van der Waals surface area contributed by atoms with Gasteiger partial charge in [-0.25, -0.2) is 4.39 Å². The summed E-state index contributed by atoms with van der Waals surface area (Å²) in [4.78, 5) is 0. The lowest BCUT2D eigenvalue weighted by Gasteiger charge is -2.18. The minimum atomic E-state index is -0.424. The molecule has 0 saturated heterocycles. The highest BCUT2D eigenvalue weighted by molar-refractivity contribution is 9.10. The summed E-state index contributed by atoms with van der Waals surface area (Å²) in [5.74, 6) is 0.399. The van der Waals surface area contributed by atoms with E-state index in [1.165, 1.54) is 44.6 Å². The van der Waals surface area contributed by atoms with Gasteiger partial charge in [0.2, 0.25) is 0 Å². The second kappa shape index (κ2) is 7.39. The molecule has 1 nitrogen and oxygen atoms in total. The fraction of sp³-hybridized carbons (Fsp3) is 0.625. The first-order chi connectivity index (χ1) is 9.15. The van der Waals surface area contributed by atoms with Gasteiger partial charge in [-0.15, -0.1) is 0 Å². The quantitative estimate of drug-likeness (QED) is 0.783. The van der Waals surface area contributed by atoms with Crippen molar-refractivity contribution in [1.29, 1.82) is 0 Å². The van der Waals surface area contributed by atoms with E-state index in [-0.39, 0.29) is 5.82 Å². The van der Waals surface area contributed by atoms with Crippen LogP contribution >= 0.6 is 15.9 Å². The van der Waals surface area contributed by atoms with Gasteiger partial charge in [0.1, 0.15) is 5.82 Å². The van der Waals surface area contributed by atoms with Gasteiger partial charge in [0.05, 0.1) is 6.10 Å². The van der Waals surface area contributed by atoms with E-state index in [2.05, 4.69) is 15.9 Å². The average molecular weight is 329 g/mol. The summed E-state index contributed by atoms with van der Waals surface area (Å²) in [6, 6.07) is 4.92. The molecule has 0 heterocycles. The molecule has 3 heteroatoms. The topological polar surface area (TPSA) is 20.2 Å². The first kappa shape index (κ1) is 15.0. The molecule has 1 aromatic rings. The number of benzene rings is 1. The van der Waals surface area contributed by atoms with E-state index < -0.39 is 6.10 Å². The largest absolute Gasteiger partial charge is 0.393 e. The van der Waals surface area contributed by atoms with E-state index in [4.69, 9.17) is 0 Å². The van der Waals surface area contributed by atoms with Gasteiger partial charge in [0, 0.05) is 10.9 Å². The van der Waals surface area contributed by atoms with Gasteiger partial charge in [-0.2, -0.15) is 0 Å². The third-order valence-corrected chi connectivity index (χ3v) is 4.54. The molecule has 1 atom stereocenters. The molecule has 1 N–H and O–H groups in total. The van der Waals surface area contributed by atoms with Gasteiger partial charge in [-0.05, 0) is 36.1 Å². The molecule has 0 radical (unpaired) electrons. The maximum Gasteiger partial charge on any atom is 0.126 e. The first-order valence-corrected chi connectivity index (χ1v) is 8.06. The monoisotopic (exact) mass is 328 g/mol. The zero-order valence-corrected chi connectivity index (χ0v) is 12.8. The molecule has 0 aromatic heterocycles. The van der Waals surface area contributed by atoms with E-state index in [1.807, 2.05) is 0 Å². The first-order valence-electron chi connectivity index (χ1n) is 7.27. The standard InChI is InChI=1S/C16H22BrFO/c17-14-7-8-16(18)13(10-14)11-15(19)9-12-5-3-1-2-4-6-12/h7-8,10,12,15,19H,1-6,9,11H2. The van der Waals surface area contributed by atoms with Crippen molar-refractivity contribution < 1.29 is 9.50 Å². The van der Waals surface area contributed by atoms with Gasteiger partial charge in [0.15, 0.2) is 0 Å². The van der Waals surface area contributed by atoms with Crippen LogP contribution in [-0.4, -0.2) is 11.2 Å². The Labute approximate surface area is 123 Å². The Hall–Kier alpha value is -0.410. The van der Waals surface area contributed by atoms with Crippen molar-refractivity contribution in [3.8, 4) is 0 Å². The van der Waals surface area contributed by atoms with E-state index in [0.717, 1.165) is 10.9 Å². The van der Waals surface area contributed by atoms with Crippen molar-refractivity contribution in [2.75, 3.05) is 0 Å². The van der Waals surface area contributed by atoms with Crippen LogP contribution < -0.4 is 0 Å². The molecule has 0 amide bonds. The van der Waals surface area contributed by atoms with Crippen molar-refractivity contribution >= 4 is 15.9 Å². The molecule has 1 aromatic carbocycles. The van der Waals surface area contributed by atoms with Crippen LogP contribution in [-0.2, 0) is 6.42 Å². The third-order valence-electron chi connectivity index (χ3n) is 4.04. The van der Waals surface area contributed by atoms with Crippen LogP contribution in [0.15, 0.2) is 22.7 Å². The summed E-state index contributed by atoms with van der Waals surface area (Å²) in [5, 5.41) is 10.2. The Morgan fingerprint density at radius 3 is 2.58 bits per heavy atom. The number of hydrogen-bond donors (Lipinski definition) is 1. The summed E-state index contributed by atoms with van der Waals surface area (Å²) in [7, 11) is 0. The van der Waals surface area contributed by atoms with Gasteiger partial charge in [0.25, 0.3) is 0 Å². The molecule has 0 bridgehead atoms. The summed E-state index contributed by atoms with van der Waals surface area (Å²) < 4.78 is 14.5. The average Bonchev–Trinajstić information content (AvgIpc) is 2.62. The highest BCUT2D eigenvalue weighted by atomic mass is 79.9. The van der Waals surface area contributed by atoms with Crippen LogP contribution in [0.2, 0.25) is 0 Å². The van der Waals surface area contributed by atoms with Crippen molar-refractivity contribution in [2.45, 2.75) is 57.5 Å². The highest BCUT2D eigenvalue weighted by Crippen LogP contribution is 2.27. The van der Waals surface area contributed by atoms with Crippen LogP contribution in [0, 0.1) is 11.7 Å². The van der Waals surface area contributed by atoms with Crippen LogP contribution in [0.25, 0.3) is 0 Å². The fourth-order valence-corrected chi connectivity index (χ4v) is 3.43. The molecular weight excluding hydrogens is 307 g/mol. The minimum Gasteiger partial charge on any atom is -0.393 e. The van der Waals surface area contributed by atoms with Crippen molar-refractivity contribution in [1.82, 2.24) is 0 Å². The van der Waals surface area contributed by atoms with Crippen LogP contribution in [0.1, 0.15) is 50.5 Å². The SMILES string of the molecule is OC(Cc1cc(Br)ccc1F)CC1CCCCCC1. The third kappa shape index (κ3) is 4.88. The predicted octanol–water partition coefficient (Wildman–Crippen LogP) is 4.85. The summed E-state index contributed by atoms with van der Waals surface area (Å²) in [6.07, 6.45) is 8.46. The second-order valence-corrected chi connectivity index (χ2v) is 6.60. The van der Waals surface area contributed by atoms with Crippen LogP contribution in [0.4, 0.5) is 4.39 Å². The molecule has 1 aliphatic rings. The van der Waals surface area contributed by atoms with Crippen molar-refractivity contribution in [2.24, 2.45) is 5.92 Å². The van der Waals surface area contributed by atoms with Gasteiger partial charge < -0.3 is 5.11 Å². The Bertz CT molecular complexity index is 400. The Morgan fingerprint density at radius 1 is 1.21 bits per heavy atom. The van der Waals surface area contributed by atoms with E-state index >= 15 is 0 Å². The molecule has 1 unspecified atom stereocenters. The minimum absolute atomic E-state index is 0.219. The number of halogens is 2. The molecule has 1 aliphatic carbocycles. The number of hydrogen-bond acceptors (Lipinski definition) is 1.